The zero-order valence-electron chi connectivity index (χ0n) is 15.8. The fourth-order valence-electron chi connectivity index (χ4n) is 2.82. The van der Waals surface area contributed by atoms with Gasteiger partial charge >= 0.3 is 5.97 Å². The summed E-state index contributed by atoms with van der Waals surface area (Å²) in [5, 5.41) is 2.64. The standard InChI is InChI=1S/C23H30O2S/c1-19(2)23(24)25-16-10-6-4-3-5-7-11-17-26-22-15-14-20-12-8-9-13-21(20)18-22/h8-9,12-15,18H,1,3-7,10-11,16-17H2,2H3. The van der Waals surface area contributed by atoms with Crippen molar-refractivity contribution in [3.63, 3.8) is 0 Å². The second-order valence-corrected chi connectivity index (χ2v) is 7.92. The van der Waals surface area contributed by atoms with Crippen LogP contribution < -0.4 is 0 Å². The van der Waals surface area contributed by atoms with Crippen LogP contribution in [0.3, 0.4) is 0 Å². The Balaban J connectivity index is 1.45. The van der Waals surface area contributed by atoms with Crippen molar-refractivity contribution in [3.8, 4) is 0 Å². The monoisotopic (exact) mass is 370 g/mol. The number of esters is 1. The first kappa shape index (κ1) is 20.6. The van der Waals surface area contributed by atoms with Crippen molar-refractivity contribution in [1.29, 1.82) is 0 Å². The van der Waals surface area contributed by atoms with E-state index in [1.54, 1.807) is 6.92 Å². The van der Waals surface area contributed by atoms with E-state index in [2.05, 4.69) is 49.0 Å². The van der Waals surface area contributed by atoms with Crippen LogP contribution in [0.1, 0.15) is 51.9 Å². The number of ether oxygens (including phenoxy) is 1. The zero-order chi connectivity index (χ0) is 18.6. The minimum atomic E-state index is -0.270. The predicted molar refractivity (Wildman–Crippen MR) is 113 cm³/mol. The molecule has 0 N–H and O–H groups in total. The number of unbranched alkanes of at least 4 members (excludes halogenated alkanes) is 6. The van der Waals surface area contributed by atoms with Crippen LogP contribution in [0.15, 0.2) is 59.5 Å². The summed E-state index contributed by atoms with van der Waals surface area (Å²) in [5.41, 5.74) is 0.478. The molecule has 2 aromatic carbocycles. The predicted octanol–water partition coefficient (Wildman–Crippen LogP) is 6.78. The Hall–Kier alpha value is -1.74. The Morgan fingerprint density at radius 1 is 0.923 bits per heavy atom. The lowest BCUT2D eigenvalue weighted by molar-refractivity contribution is -0.139. The first-order valence-corrected chi connectivity index (χ1v) is 10.6. The maximum absolute atomic E-state index is 11.2. The van der Waals surface area contributed by atoms with Crippen LogP contribution in [0, 0.1) is 0 Å². The van der Waals surface area contributed by atoms with Crippen molar-refractivity contribution >= 4 is 28.5 Å². The minimum Gasteiger partial charge on any atom is -0.462 e. The van der Waals surface area contributed by atoms with Gasteiger partial charge in [-0.05, 0) is 48.4 Å². The summed E-state index contributed by atoms with van der Waals surface area (Å²) in [4.78, 5) is 12.6. The van der Waals surface area contributed by atoms with Gasteiger partial charge in [0.1, 0.15) is 0 Å². The average molecular weight is 371 g/mol. The van der Waals surface area contributed by atoms with E-state index in [0.717, 1.165) is 12.8 Å². The number of benzene rings is 2. The highest BCUT2D eigenvalue weighted by Gasteiger charge is 2.02. The van der Waals surface area contributed by atoms with Crippen molar-refractivity contribution in [2.45, 2.75) is 56.8 Å². The van der Waals surface area contributed by atoms with Gasteiger partial charge in [0.25, 0.3) is 0 Å². The fourth-order valence-corrected chi connectivity index (χ4v) is 3.78. The third kappa shape index (κ3) is 7.65. The number of hydrogen-bond acceptors (Lipinski definition) is 3. The molecule has 2 rings (SSSR count). The molecule has 0 heterocycles. The number of thioether (sulfide) groups is 1. The smallest absolute Gasteiger partial charge is 0.333 e. The lowest BCUT2D eigenvalue weighted by Gasteiger charge is -2.05. The Labute approximate surface area is 162 Å². The molecule has 0 bridgehead atoms. The molecule has 0 saturated heterocycles. The van der Waals surface area contributed by atoms with E-state index in [1.807, 2.05) is 11.8 Å². The van der Waals surface area contributed by atoms with Crippen LogP contribution in [0.4, 0.5) is 0 Å². The van der Waals surface area contributed by atoms with E-state index in [-0.39, 0.29) is 5.97 Å². The zero-order valence-corrected chi connectivity index (χ0v) is 16.7. The van der Waals surface area contributed by atoms with Gasteiger partial charge in [-0.25, -0.2) is 4.79 Å². The Morgan fingerprint density at radius 3 is 2.31 bits per heavy atom. The van der Waals surface area contributed by atoms with Crippen molar-refractivity contribution in [2.24, 2.45) is 0 Å². The quantitative estimate of drug-likeness (QED) is 0.178. The topological polar surface area (TPSA) is 26.3 Å². The van der Waals surface area contributed by atoms with Crippen LogP contribution in [0.5, 0.6) is 0 Å². The van der Waals surface area contributed by atoms with E-state index in [9.17, 15) is 4.79 Å². The van der Waals surface area contributed by atoms with Crippen LogP contribution >= 0.6 is 11.8 Å². The van der Waals surface area contributed by atoms with Gasteiger partial charge in [0.2, 0.25) is 0 Å². The van der Waals surface area contributed by atoms with Gasteiger partial charge < -0.3 is 4.74 Å². The molecule has 0 unspecified atom stereocenters. The van der Waals surface area contributed by atoms with Gasteiger partial charge in [0.15, 0.2) is 0 Å². The molecule has 140 valence electrons. The molecule has 26 heavy (non-hydrogen) atoms. The summed E-state index contributed by atoms with van der Waals surface area (Å²) in [6.45, 7) is 5.78. The first-order valence-electron chi connectivity index (χ1n) is 9.61. The molecule has 0 fully saturated rings. The molecule has 0 spiro atoms. The highest BCUT2D eigenvalue weighted by molar-refractivity contribution is 7.99. The van der Waals surface area contributed by atoms with Gasteiger partial charge in [0.05, 0.1) is 6.61 Å². The third-order valence-electron chi connectivity index (χ3n) is 4.36. The molecule has 0 aliphatic heterocycles. The second-order valence-electron chi connectivity index (χ2n) is 6.75. The Kier molecular flexibility index (Phi) is 9.33. The van der Waals surface area contributed by atoms with Gasteiger partial charge in [-0.15, -0.1) is 11.8 Å². The van der Waals surface area contributed by atoms with Crippen LogP contribution in [-0.4, -0.2) is 18.3 Å². The lowest BCUT2D eigenvalue weighted by Crippen LogP contribution is -2.05. The minimum absolute atomic E-state index is 0.270. The highest BCUT2D eigenvalue weighted by Crippen LogP contribution is 2.24. The number of hydrogen-bond donors (Lipinski definition) is 0. The molecule has 0 amide bonds. The molecular formula is C23H30O2S. The van der Waals surface area contributed by atoms with E-state index in [1.165, 1.54) is 53.5 Å². The van der Waals surface area contributed by atoms with E-state index in [0.29, 0.717) is 12.2 Å². The van der Waals surface area contributed by atoms with Crippen LogP contribution in [0.2, 0.25) is 0 Å². The van der Waals surface area contributed by atoms with Gasteiger partial charge in [0, 0.05) is 10.5 Å². The Morgan fingerprint density at radius 2 is 1.58 bits per heavy atom. The number of fused-ring (bicyclic) bond motifs is 1. The second kappa shape index (κ2) is 11.8. The molecule has 2 aromatic rings. The summed E-state index contributed by atoms with van der Waals surface area (Å²) >= 11 is 1.96. The molecule has 0 aliphatic rings. The molecule has 0 aromatic heterocycles. The maximum Gasteiger partial charge on any atom is 0.333 e. The highest BCUT2D eigenvalue weighted by atomic mass is 32.2. The molecule has 0 radical (unpaired) electrons. The summed E-state index contributed by atoms with van der Waals surface area (Å²) < 4.78 is 5.09. The van der Waals surface area contributed by atoms with Gasteiger partial charge in [-0.2, -0.15) is 0 Å². The van der Waals surface area contributed by atoms with Crippen molar-refractivity contribution in [2.75, 3.05) is 12.4 Å². The van der Waals surface area contributed by atoms with Crippen molar-refractivity contribution in [1.82, 2.24) is 0 Å². The molecule has 0 aliphatic carbocycles. The number of rotatable bonds is 12. The SMILES string of the molecule is C=C(C)C(=O)OCCCCCCCCCSc1ccc2ccccc2c1. The van der Waals surface area contributed by atoms with Gasteiger partial charge in [-0.3, -0.25) is 0 Å². The largest absolute Gasteiger partial charge is 0.462 e. The molecule has 3 heteroatoms. The summed E-state index contributed by atoms with van der Waals surface area (Å²) in [7, 11) is 0. The lowest BCUT2D eigenvalue weighted by atomic mass is 10.1. The maximum atomic E-state index is 11.2. The average Bonchev–Trinajstić information content (AvgIpc) is 2.65. The van der Waals surface area contributed by atoms with Crippen molar-refractivity contribution in [3.05, 3.63) is 54.6 Å². The summed E-state index contributed by atoms with van der Waals surface area (Å²) in [6, 6.07) is 15.3. The van der Waals surface area contributed by atoms with E-state index >= 15 is 0 Å². The molecule has 0 saturated carbocycles. The van der Waals surface area contributed by atoms with E-state index < -0.39 is 0 Å². The van der Waals surface area contributed by atoms with Gasteiger partial charge in [-0.1, -0.05) is 69.0 Å². The molecule has 2 nitrogen and oxygen atoms in total. The number of carbonyl (C=O) groups is 1. The molecular weight excluding hydrogens is 340 g/mol. The van der Waals surface area contributed by atoms with Crippen LogP contribution in [-0.2, 0) is 9.53 Å². The normalized spacial score (nSPS) is 10.8. The molecule has 0 atom stereocenters. The van der Waals surface area contributed by atoms with Crippen molar-refractivity contribution < 1.29 is 9.53 Å². The fraction of sp³-hybridized carbons (Fsp3) is 0.435. The first-order chi connectivity index (χ1) is 12.7. The third-order valence-corrected chi connectivity index (χ3v) is 5.44. The van der Waals surface area contributed by atoms with Crippen LogP contribution in [0.25, 0.3) is 10.8 Å². The Bertz CT molecular complexity index is 708. The summed E-state index contributed by atoms with van der Waals surface area (Å²) in [6.07, 6.45) is 8.45. The number of carbonyl (C=O) groups excluding carboxylic acids is 1. The summed E-state index contributed by atoms with van der Waals surface area (Å²) in [5.74, 6) is 0.920. The van der Waals surface area contributed by atoms with E-state index in [4.69, 9.17) is 4.74 Å².